The van der Waals surface area contributed by atoms with E-state index < -0.39 is 0 Å². The highest BCUT2D eigenvalue weighted by atomic mass is 16.2. The molecule has 17 aliphatic rings. The number of amides is 1. The first-order valence-corrected chi connectivity index (χ1v) is 49.6. The zero-order valence-corrected chi connectivity index (χ0v) is 76.4. The van der Waals surface area contributed by atoms with Gasteiger partial charge in [-0.1, -0.05) is 142 Å². The number of nitrogens with zero attached hydrogens (tertiary/aromatic N) is 6. The number of carbonyl (C=O) groups excluding carboxylic acids is 1. The Morgan fingerprint density at radius 3 is 1.43 bits per heavy atom. The van der Waals surface area contributed by atoms with Crippen molar-refractivity contribution in [1.82, 2.24) is 67.5 Å². The Hall–Kier alpha value is -7.29. The van der Waals surface area contributed by atoms with Gasteiger partial charge in [0, 0.05) is 146 Å². The second kappa shape index (κ2) is 43.2. The van der Waals surface area contributed by atoms with Gasteiger partial charge < -0.3 is 67.5 Å². The van der Waals surface area contributed by atoms with Gasteiger partial charge in [-0.3, -0.25) is 14.6 Å². The molecule has 4 atom stereocenters. The molecule has 4 saturated carbocycles. The first kappa shape index (κ1) is 88.7. The minimum atomic E-state index is 0.244. The minimum absolute atomic E-state index is 0.244. The molecule has 16 nitrogen and oxygen atoms in total. The first-order valence-electron chi connectivity index (χ1n) is 49.6. The number of likely N-dealkylation sites (N-methyl/N-ethyl adjacent to an activating group) is 1. The summed E-state index contributed by atoms with van der Waals surface area (Å²) < 4.78 is 0. The van der Waals surface area contributed by atoms with Crippen molar-refractivity contribution < 1.29 is 4.79 Å². The summed E-state index contributed by atoms with van der Waals surface area (Å²) in [6.07, 6.45) is 34.3. The van der Waals surface area contributed by atoms with Crippen LogP contribution in [0.1, 0.15) is 227 Å². The zero-order chi connectivity index (χ0) is 84.4. The summed E-state index contributed by atoms with van der Waals surface area (Å²) in [6, 6.07) is 48.6. The summed E-state index contributed by atoms with van der Waals surface area (Å²) in [5.41, 5.74) is 34.1. The number of piperidine rings is 3. The van der Waals surface area contributed by atoms with Gasteiger partial charge in [0.25, 0.3) is 5.91 Å². The Kier molecular flexibility index (Phi) is 30.9. The van der Waals surface area contributed by atoms with Crippen molar-refractivity contribution in [3.05, 3.63) is 245 Å². The van der Waals surface area contributed by atoms with E-state index in [9.17, 15) is 4.79 Å². The van der Waals surface area contributed by atoms with E-state index in [1.54, 1.807) is 55.8 Å². The van der Waals surface area contributed by atoms with Gasteiger partial charge in [-0.05, 0) is 375 Å². The van der Waals surface area contributed by atoms with Crippen LogP contribution >= 0.6 is 0 Å². The fourth-order valence-corrected chi connectivity index (χ4v) is 24.9. The standard InChI is InChI=1S/C16H23N3.C16H22N2.C16H21N.C15H23N3.C15H20N2O.2C15H22N2/c1-3-13-11-17-7-6-15(13)16(5-1)19-10-9-18-8-2-4-14(18)12-19;1-4-13-10-18(11-14(13)5-1)16-6-2-3-12-9-17-8-7-15(12)16;1-15-9-16(10-15,11-15)7-12-3-2-4-13-8-17-6-5-14(12)13;1-12(11-18(2)3)17-10-14-6-4-5-13-9-16-8-7-15(13)14;18-15(17-9-2-1-3-10-17)14-6-4-5-12-11-16-8-7-13(12)14;1-2-8-17-14(6-1)10-12-4-3-5-13-11-16-9-7-15(12)13;1-2-9-17(10-3-1)12-14-6-4-5-13-11-16-8-7-15(13)14/h1,3,5,14,17H,2,4,6-12H2;2-3,6,13-14,17H,1,4-5,7-11H2;2-4,17H,5-11H2,1H3;4-6,16-17H,1,7-11H2,2-3H3;4-6,16H,1-3,7-11H2;3-5,14,16-17H,1-2,6-11H2;4-6,16H,1-3,7-12H2/t14-;13-,14+;;;;;/m1....../s1. The van der Waals surface area contributed by atoms with Crippen LogP contribution in [0, 0.1) is 22.7 Å². The van der Waals surface area contributed by atoms with Gasteiger partial charge in [0.05, 0.1) is 0 Å². The van der Waals surface area contributed by atoms with E-state index in [0.717, 1.165) is 183 Å². The molecule has 0 aromatic heterocycles. The van der Waals surface area contributed by atoms with Gasteiger partial charge in [-0.2, -0.15) is 0 Å². The summed E-state index contributed by atoms with van der Waals surface area (Å²) in [5.74, 6) is 2.22. The fourth-order valence-electron chi connectivity index (χ4n) is 24.9. The Balaban J connectivity index is 0.000000102. The smallest absolute Gasteiger partial charge is 0.254 e. The molecule has 1 unspecified atom stereocenters. The van der Waals surface area contributed by atoms with Crippen molar-refractivity contribution in [2.45, 2.75) is 245 Å². The largest absolute Gasteiger partial charge is 0.384 e. The third-order valence-corrected chi connectivity index (χ3v) is 30.9. The Bertz CT molecular complexity index is 4560. The highest BCUT2D eigenvalue weighted by Crippen LogP contribution is 2.74. The van der Waals surface area contributed by atoms with E-state index in [0.29, 0.717) is 6.04 Å². The van der Waals surface area contributed by atoms with Crippen LogP contribution in [0.2, 0.25) is 0 Å². The molecule has 1 amide bonds. The van der Waals surface area contributed by atoms with Crippen LogP contribution in [0.15, 0.2) is 140 Å². The number of likely N-dealkylation sites (tertiary alicyclic amines) is 2. The lowest BCUT2D eigenvalue weighted by Gasteiger charge is -2.70. The number of anilines is 2. The molecule has 0 spiro atoms. The quantitative estimate of drug-likeness (QED) is 0.0509. The Labute approximate surface area is 746 Å². The molecule has 16 heteroatoms. The summed E-state index contributed by atoms with van der Waals surface area (Å²) in [6.45, 7) is 37.8. The summed E-state index contributed by atoms with van der Waals surface area (Å²) in [7, 11) is 4.12. The number of rotatable bonds is 14. The molecule has 13 aliphatic heterocycles. The van der Waals surface area contributed by atoms with E-state index in [1.807, 2.05) is 17.0 Å². The third-order valence-electron chi connectivity index (χ3n) is 30.9. The first-order chi connectivity index (χ1) is 60.9. The van der Waals surface area contributed by atoms with Crippen LogP contribution in [0.4, 0.5) is 11.4 Å². The molecule has 4 aliphatic carbocycles. The molecule has 6 saturated heterocycles. The average molecular weight is 1680 g/mol. The number of hydrogen-bond acceptors (Lipinski definition) is 15. The van der Waals surface area contributed by atoms with Gasteiger partial charge in [-0.25, -0.2) is 0 Å². The Morgan fingerprint density at radius 1 is 0.427 bits per heavy atom. The lowest BCUT2D eigenvalue weighted by Crippen LogP contribution is -2.60. The van der Waals surface area contributed by atoms with Crippen LogP contribution in [0.5, 0.6) is 0 Å². The van der Waals surface area contributed by atoms with E-state index in [-0.39, 0.29) is 5.91 Å². The molecular weight excluding hydrogens is 1520 g/mol. The van der Waals surface area contributed by atoms with Gasteiger partial charge in [0.15, 0.2) is 0 Å². The lowest BCUT2D eigenvalue weighted by atomic mass is 9.35. The predicted molar refractivity (Wildman–Crippen MR) is 514 cm³/mol. The third kappa shape index (κ3) is 22.5. The zero-order valence-electron chi connectivity index (χ0n) is 76.4. The van der Waals surface area contributed by atoms with E-state index in [1.165, 1.54) is 262 Å². The van der Waals surface area contributed by atoms with Crippen LogP contribution in [-0.4, -0.2) is 176 Å². The van der Waals surface area contributed by atoms with Crippen molar-refractivity contribution in [3.8, 4) is 0 Å². The van der Waals surface area contributed by atoms with E-state index in [2.05, 4.69) is 215 Å². The van der Waals surface area contributed by atoms with Crippen LogP contribution in [0.3, 0.4) is 0 Å². The topological polar surface area (TPSA) is 145 Å². The maximum Gasteiger partial charge on any atom is 0.254 e. The maximum atomic E-state index is 12.6. The normalized spacial score (nSPS) is 24.9. The molecule has 124 heavy (non-hydrogen) atoms. The van der Waals surface area contributed by atoms with Crippen molar-refractivity contribution in [2.75, 3.05) is 148 Å². The second-order valence-electron chi connectivity index (χ2n) is 40.4. The van der Waals surface area contributed by atoms with Crippen molar-refractivity contribution in [1.29, 1.82) is 0 Å². The van der Waals surface area contributed by atoms with Crippen molar-refractivity contribution in [2.24, 2.45) is 22.7 Å². The predicted octanol–water partition coefficient (Wildman–Crippen LogP) is 15.0. The summed E-state index contributed by atoms with van der Waals surface area (Å²) >= 11 is 0. The van der Waals surface area contributed by atoms with Crippen molar-refractivity contribution >= 4 is 17.3 Å². The molecule has 7 aromatic rings. The molecule has 666 valence electrons. The number of nitrogens with one attached hydrogen (secondary N) is 9. The monoisotopic (exact) mass is 1680 g/mol. The second-order valence-corrected chi connectivity index (χ2v) is 40.4. The Morgan fingerprint density at radius 2 is 0.887 bits per heavy atom. The maximum absolute atomic E-state index is 12.6. The molecule has 9 N–H and O–H groups in total. The van der Waals surface area contributed by atoms with Gasteiger partial charge in [0.1, 0.15) is 0 Å². The molecule has 2 bridgehead atoms. The highest BCUT2D eigenvalue weighted by molar-refractivity contribution is 5.96. The number of hydrogen-bond donors (Lipinski definition) is 9. The number of fused-ring (bicyclic) bond motifs is 9. The fraction of sp³-hybridized carbons (Fsp3) is 0.583. The van der Waals surface area contributed by atoms with Crippen LogP contribution in [-0.2, 0) is 117 Å². The number of benzene rings is 7. The molecule has 0 radical (unpaired) electrons. The van der Waals surface area contributed by atoms with Gasteiger partial charge in [0.2, 0.25) is 0 Å². The molecule has 24 rings (SSSR count). The van der Waals surface area contributed by atoms with Crippen molar-refractivity contribution in [3.63, 3.8) is 0 Å². The van der Waals surface area contributed by atoms with Gasteiger partial charge in [-0.15, -0.1) is 0 Å². The lowest BCUT2D eigenvalue weighted by molar-refractivity contribution is -0.189. The molecule has 13 heterocycles. The number of carbonyl (C=O) groups is 1. The minimum Gasteiger partial charge on any atom is -0.384 e. The SMILES string of the molecule is C=C(CN(C)C)NCc1cccc2c1CCNC2.CC12CC(Cc3cccc4c3CCNC4)(C1)C2.O=C(c1cccc2c1CCNC2)N1CCCCC1.c1cc2c(c(CC3CCCCN3)c1)CCNC2.c1cc2c(c(CN3CCCCC3)c1)CCNC2.c1cc2c(c(N3CCN4CCC[C@@H]4C3)c1)CCNC2.c1cc2c(c(N3C[C@H]4CCC[C@H]4C3)c1)CCNC2. The highest BCUT2D eigenvalue weighted by Gasteiger charge is 2.64. The van der Waals surface area contributed by atoms with Crippen LogP contribution < -0.4 is 57.7 Å². The summed E-state index contributed by atoms with van der Waals surface area (Å²) in [5, 5.41) is 31.2. The number of piperazine rings is 1. The van der Waals surface area contributed by atoms with Crippen LogP contribution in [0.25, 0.3) is 0 Å². The average Bonchev–Trinajstić information content (AvgIpc) is 0.818. The van der Waals surface area contributed by atoms with Gasteiger partial charge >= 0.3 is 0 Å². The molecular formula is C108H153N15O. The van der Waals surface area contributed by atoms with E-state index >= 15 is 0 Å². The van der Waals surface area contributed by atoms with E-state index in [4.69, 9.17) is 0 Å². The molecule has 10 fully saturated rings. The summed E-state index contributed by atoms with van der Waals surface area (Å²) in [4.78, 5) is 27.4. The molecule has 7 aromatic carbocycles.